The average Bonchev–Trinajstić information content (AvgIpc) is 2.99. The molecule has 114 valence electrons. The van der Waals surface area contributed by atoms with Crippen LogP contribution in [-0.4, -0.2) is 27.1 Å². The maximum absolute atomic E-state index is 11.7. The van der Waals surface area contributed by atoms with Gasteiger partial charge in [0.15, 0.2) is 0 Å². The Labute approximate surface area is 127 Å². The zero-order chi connectivity index (χ0) is 15.5. The van der Waals surface area contributed by atoms with E-state index < -0.39 is 16.1 Å². The van der Waals surface area contributed by atoms with Gasteiger partial charge in [0.2, 0.25) is 10.0 Å². The van der Waals surface area contributed by atoms with Crippen molar-refractivity contribution in [2.24, 2.45) is 0 Å². The second-order valence-corrected chi connectivity index (χ2v) is 7.08. The minimum absolute atomic E-state index is 0.103. The summed E-state index contributed by atoms with van der Waals surface area (Å²) in [5.41, 5.74) is 7.57. The molecule has 0 saturated heterocycles. The first-order valence-electron chi connectivity index (χ1n) is 6.21. The highest BCUT2D eigenvalue weighted by Gasteiger charge is 2.13. The second-order valence-electron chi connectivity index (χ2n) is 4.41. The Morgan fingerprint density at radius 3 is 2.71 bits per heavy atom. The standard InChI is InChI=1S/C13H17N3O3S2/c1-15-21(18,19)10-2-3-12(11(14)6-10)16-7-13(17)9-4-5-20-8-9/h2-6,8,13,15-17H,7,14H2,1H3. The van der Waals surface area contributed by atoms with E-state index in [1.807, 2.05) is 16.8 Å². The summed E-state index contributed by atoms with van der Waals surface area (Å²) in [7, 11) is -2.17. The van der Waals surface area contributed by atoms with E-state index in [1.165, 1.54) is 30.5 Å². The molecule has 1 aromatic heterocycles. The molecule has 0 saturated carbocycles. The predicted molar refractivity (Wildman–Crippen MR) is 84.9 cm³/mol. The van der Waals surface area contributed by atoms with Gasteiger partial charge in [0.25, 0.3) is 0 Å². The van der Waals surface area contributed by atoms with Crippen LogP contribution in [0.25, 0.3) is 0 Å². The van der Waals surface area contributed by atoms with Crippen LogP contribution in [0.3, 0.4) is 0 Å². The topological polar surface area (TPSA) is 104 Å². The molecule has 6 nitrogen and oxygen atoms in total. The molecule has 0 spiro atoms. The van der Waals surface area contributed by atoms with E-state index in [0.717, 1.165) is 5.56 Å². The van der Waals surface area contributed by atoms with Crippen molar-refractivity contribution in [1.29, 1.82) is 0 Å². The number of hydrogen-bond donors (Lipinski definition) is 4. The summed E-state index contributed by atoms with van der Waals surface area (Å²) in [5, 5.41) is 16.8. The van der Waals surface area contributed by atoms with Gasteiger partial charge < -0.3 is 16.2 Å². The lowest BCUT2D eigenvalue weighted by molar-refractivity contribution is 0.192. The number of hydrogen-bond acceptors (Lipinski definition) is 6. The van der Waals surface area contributed by atoms with Crippen molar-refractivity contribution >= 4 is 32.7 Å². The third-order valence-corrected chi connectivity index (χ3v) is 5.13. The Hall–Kier alpha value is -1.61. The molecule has 1 unspecified atom stereocenters. The summed E-state index contributed by atoms with van der Waals surface area (Å²) in [6.45, 7) is 0.291. The Kier molecular flexibility index (Phi) is 4.84. The molecule has 1 aromatic carbocycles. The highest BCUT2D eigenvalue weighted by Crippen LogP contribution is 2.24. The molecule has 1 atom stereocenters. The summed E-state index contributed by atoms with van der Waals surface area (Å²) in [4.78, 5) is 0.103. The number of rotatable bonds is 6. The monoisotopic (exact) mass is 327 g/mol. The fraction of sp³-hybridized carbons (Fsp3) is 0.231. The first-order valence-corrected chi connectivity index (χ1v) is 8.64. The third kappa shape index (κ3) is 3.73. The predicted octanol–water partition coefficient (Wildman–Crippen LogP) is 1.38. The van der Waals surface area contributed by atoms with Gasteiger partial charge in [-0.2, -0.15) is 11.3 Å². The van der Waals surface area contributed by atoms with Crippen LogP contribution in [0.5, 0.6) is 0 Å². The Bertz CT molecular complexity index is 699. The molecule has 0 aliphatic rings. The number of nitrogens with two attached hydrogens (primary N) is 1. The van der Waals surface area contributed by atoms with Crippen molar-refractivity contribution in [3.63, 3.8) is 0 Å². The smallest absolute Gasteiger partial charge is 0.240 e. The normalized spacial score (nSPS) is 13.0. The third-order valence-electron chi connectivity index (χ3n) is 3.02. The van der Waals surface area contributed by atoms with E-state index >= 15 is 0 Å². The van der Waals surface area contributed by atoms with Gasteiger partial charge in [0.1, 0.15) is 0 Å². The Morgan fingerprint density at radius 1 is 1.38 bits per heavy atom. The van der Waals surface area contributed by atoms with Gasteiger partial charge in [-0.25, -0.2) is 13.1 Å². The summed E-state index contributed by atoms with van der Waals surface area (Å²) in [6.07, 6.45) is -0.642. The van der Waals surface area contributed by atoms with Gasteiger partial charge >= 0.3 is 0 Å². The molecule has 5 N–H and O–H groups in total. The first-order chi connectivity index (χ1) is 9.94. The lowest BCUT2D eigenvalue weighted by atomic mass is 10.2. The molecule has 0 bridgehead atoms. The zero-order valence-electron chi connectivity index (χ0n) is 11.4. The SMILES string of the molecule is CNS(=O)(=O)c1ccc(NCC(O)c2ccsc2)c(N)c1. The van der Waals surface area contributed by atoms with E-state index in [9.17, 15) is 13.5 Å². The van der Waals surface area contributed by atoms with Crippen molar-refractivity contribution in [2.75, 3.05) is 24.6 Å². The zero-order valence-corrected chi connectivity index (χ0v) is 13.0. The van der Waals surface area contributed by atoms with Gasteiger partial charge in [0, 0.05) is 6.54 Å². The van der Waals surface area contributed by atoms with E-state index in [1.54, 1.807) is 6.07 Å². The van der Waals surface area contributed by atoms with Crippen molar-refractivity contribution in [1.82, 2.24) is 4.72 Å². The molecule has 0 aliphatic carbocycles. The maximum atomic E-state index is 11.7. The van der Waals surface area contributed by atoms with E-state index in [0.29, 0.717) is 17.9 Å². The van der Waals surface area contributed by atoms with Crippen molar-refractivity contribution in [3.8, 4) is 0 Å². The fourth-order valence-electron chi connectivity index (χ4n) is 1.78. The summed E-state index contributed by atoms with van der Waals surface area (Å²) < 4.78 is 25.6. The van der Waals surface area contributed by atoms with Crippen LogP contribution < -0.4 is 15.8 Å². The summed E-state index contributed by atoms with van der Waals surface area (Å²) in [6, 6.07) is 6.27. The van der Waals surface area contributed by atoms with Crippen LogP contribution in [0.2, 0.25) is 0 Å². The quantitative estimate of drug-likeness (QED) is 0.600. The lowest BCUT2D eigenvalue weighted by Crippen LogP contribution is -2.19. The average molecular weight is 327 g/mol. The molecule has 0 fully saturated rings. The van der Waals surface area contributed by atoms with Crippen molar-refractivity contribution < 1.29 is 13.5 Å². The summed E-state index contributed by atoms with van der Waals surface area (Å²) in [5.74, 6) is 0. The largest absolute Gasteiger partial charge is 0.397 e. The molecule has 0 radical (unpaired) electrons. The molecule has 8 heteroatoms. The minimum atomic E-state index is -3.51. The van der Waals surface area contributed by atoms with Gasteiger partial charge in [-0.05, 0) is 47.6 Å². The maximum Gasteiger partial charge on any atom is 0.240 e. The second kappa shape index (κ2) is 6.44. The van der Waals surface area contributed by atoms with Crippen LogP contribution in [0.15, 0.2) is 39.9 Å². The number of thiophene rings is 1. The minimum Gasteiger partial charge on any atom is -0.397 e. The van der Waals surface area contributed by atoms with Crippen LogP contribution in [-0.2, 0) is 10.0 Å². The molecule has 2 aromatic rings. The van der Waals surface area contributed by atoms with Crippen LogP contribution >= 0.6 is 11.3 Å². The highest BCUT2D eigenvalue weighted by molar-refractivity contribution is 7.89. The molecule has 21 heavy (non-hydrogen) atoms. The number of nitrogens with one attached hydrogen (secondary N) is 2. The molecular weight excluding hydrogens is 310 g/mol. The number of aliphatic hydroxyl groups excluding tert-OH is 1. The van der Waals surface area contributed by atoms with E-state index in [2.05, 4.69) is 10.0 Å². The van der Waals surface area contributed by atoms with Gasteiger partial charge in [-0.15, -0.1) is 0 Å². The number of nitrogen functional groups attached to an aromatic ring is 1. The van der Waals surface area contributed by atoms with E-state index in [4.69, 9.17) is 5.73 Å². The van der Waals surface area contributed by atoms with Crippen LogP contribution in [0.1, 0.15) is 11.7 Å². The lowest BCUT2D eigenvalue weighted by Gasteiger charge is -2.14. The van der Waals surface area contributed by atoms with Gasteiger partial charge in [-0.3, -0.25) is 0 Å². The van der Waals surface area contributed by atoms with Crippen LogP contribution in [0, 0.1) is 0 Å². The van der Waals surface area contributed by atoms with Crippen LogP contribution in [0.4, 0.5) is 11.4 Å². The number of benzene rings is 1. The molecular formula is C13H17N3O3S2. The number of sulfonamides is 1. The number of aliphatic hydroxyl groups is 1. The fourth-order valence-corrected chi connectivity index (χ4v) is 3.25. The van der Waals surface area contributed by atoms with E-state index in [-0.39, 0.29) is 4.90 Å². The van der Waals surface area contributed by atoms with Crippen molar-refractivity contribution in [3.05, 3.63) is 40.6 Å². The van der Waals surface area contributed by atoms with Crippen molar-refractivity contribution in [2.45, 2.75) is 11.0 Å². The Morgan fingerprint density at radius 2 is 2.14 bits per heavy atom. The van der Waals surface area contributed by atoms with Gasteiger partial charge in [0.05, 0.1) is 22.4 Å². The molecule has 1 heterocycles. The highest BCUT2D eigenvalue weighted by atomic mass is 32.2. The number of anilines is 2. The first kappa shape index (κ1) is 15.8. The van der Waals surface area contributed by atoms with Gasteiger partial charge in [-0.1, -0.05) is 0 Å². The summed E-state index contributed by atoms with van der Waals surface area (Å²) >= 11 is 1.51. The Balaban J connectivity index is 2.08. The molecule has 0 amide bonds. The molecule has 2 rings (SSSR count). The molecule has 0 aliphatic heterocycles.